The molecule has 0 aliphatic heterocycles. The maximum absolute atomic E-state index is 13.0. The summed E-state index contributed by atoms with van der Waals surface area (Å²) < 4.78 is 68.2. The van der Waals surface area contributed by atoms with E-state index < -0.39 is 97.5 Å². The summed E-state index contributed by atoms with van der Waals surface area (Å²) in [5.74, 6) is -0.615. The molecule has 0 aliphatic rings. The number of rotatable bonds is 71. The zero-order chi connectivity index (χ0) is 67.2. The highest BCUT2D eigenvalue weighted by atomic mass is 31.2. The highest BCUT2D eigenvalue weighted by molar-refractivity contribution is 7.47. The predicted molar refractivity (Wildman–Crippen MR) is 368 cm³/mol. The molecule has 0 aromatic heterocycles. The Bertz CT molecular complexity index is 1770. The minimum absolute atomic E-state index is 0.102. The molecule has 0 fully saturated rings. The van der Waals surface area contributed by atoms with Crippen molar-refractivity contribution in [3.8, 4) is 0 Å². The molecule has 19 heteroatoms. The second kappa shape index (κ2) is 64.1. The van der Waals surface area contributed by atoms with Gasteiger partial charge in [0.2, 0.25) is 0 Å². The van der Waals surface area contributed by atoms with Crippen LogP contribution in [0.5, 0.6) is 0 Å². The number of carbonyl (C=O) groups excluding carboxylic acids is 4. The van der Waals surface area contributed by atoms with Crippen LogP contribution >= 0.6 is 15.6 Å². The van der Waals surface area contributed by atoms with Crippen molar-refractivity contribution in [3.63, 3.8) is 0 Å². The lowest BCUT2D eigenvalue weighted by molar-refractivity contribution is -0.161. The number of hydrogen-bond acceptors (Lipinski definition) is 15. The molecule has 0 aliphatic carbocycles. The monoisotopic (exact) mass is 1340 g/mol. The van der Waals surface area contributed by atoms with Gasteiger partial charge in [-0.3, -0.25) is 37.3 Å². The van der Waals surface area contributed by atoms with Gasteiger partial charge in [-0.25, -0.2) is 9.13 Å². The maximum Gasteiger partial charge on any atom is 0.472 e. The molecule has 0 rings (SSSR count). The van der Waals surface area contributed by atoms with E-state index in [9.17, 15) is 43.2 Å². The van der Waals surface area contributed by atoms with Crippen molar-refractivity contribution in [3.05, 3.63) is 0 Å². The summed E-state index contributed by atoms with van der Waals surface area (Å²) in [6, 6.07) is 0. The van der Waals surface area contributed by atoms with Gasteiger partial charge in [0.05, 0.1) is 26.4 Å². The molecule has 91 heavy (non-hydrogen) atoms. The third-order valence-electron chi connectivity index (χ3n) is 17.1. The van der Waals surface area contributed by atoms with Crippen molar-refractivity contribution in [2.75, 3.05) is 39.6 Å². The lowest BCUT2D eigenvalue weighted by Crippen LogP contribution is -2.30. The molecule has 6 atom stereocenters. The van der Waals surface area contributed by atoms with E-state index in [4.69, 9.17) is 37.0 Å². The molecule has 0 aromatic rings. The predicted octanol–water partition coefficient (Wildman–Crippen LogP) is 20.8. The average Bonchev–Trinajstić information content (AvgIpc) is 3.73. The molecule has 0 aromatic carbocycles. The highest BCUT2D eigenvalue weighted by Crippen LogP contribution is 2.45. The van der Waals surface area contributed by atoms with Gasteiger partial charge in [-0.1, -0.05) is 318 Å². The van der Waals surface area contributed by atoms with Gasteiger partial charge in [0.15, 0.2) is 12.2 Å². The van der Waals surface area contributed by atoms with E-state index >= 15 is 0 Å². The van der Waals surface area contributed by atoms with Gasteiger partial charge >= 0.3 is 39.5 Å². The van der Waals surface area contributed by atoms with Gasteiger partial charge in [0, 0.05) is 25.7 Å². The van der Waals surface area contributed by atoms with Crippen molar-refractivity contribution >= 4 is 39.5 Å². The molecule has 0 saturated heterocycles. The molecular weight excluding hydrogens is 1200 g/mol. The topological polar surface area (TPSA) is 237 Å². The fourth-order valence-corrected chi connectivity index (χ4v) is 12.5. The van der Waals surface area contributed by atoms with E-state index in [-0.39, 0.29) is 25.7 Å². The standard InChI is InChI=1S/C72H140O17P2/c1-7-10-12-14-16-17-18-19-20-21-22-26-29-32-36-43-49-55-70(75)83-61-67(88-71(76)56-50-44-37-33-30-27-24-23-25-28-31-35-41-47-53-65(6)9-3)62-86-90(78,79)84-58-66(73)59-85-91(80,81)87-63-68(60-82-69(74)54-48-42-34-15-13-11-8-2)89-72(77)57-51-45-39-38-40-46-52-64(4)5/h64-68,73H,7-63H2,1-6H3,(H,78,79)(H,80,81)/t65?,66-,67-,68-/m1/s1. The summed E-state index contributed by atoms with van der Waals surface area (Å²) in [6.45, 7) is 9.48. The average molecular weight is 1340 g/mol. The SMILES string of the molecule is CCCCCCCCCCCCCCCCCCCC(=O)OC[C@H](COP(=O)(O)OC[C@@H](O)COP(=O)(O)OC[C@@H](COC(=O)CCCCCCCCC)OC(=O)CCCCCCCCC(C)C)OC(=O)CCCCCCCCCCCCCCCCC(C)CC. The van der Waals surface area contributed by atoms with Crippen LogP contribution in [-0.4, -0.2) is 96.7 Å². The molecule has 540 valence electrons. The summed E-state index contributed by atoms with van der Waals surface area (Å²) in [6.07, 6.45) is 50.3. The smallest absolute Gasteiger partial charge is 0.462 e. The zero-order valence-corrected chi connectivity index (χ0v) is 60.9. The normalized spacial score (nSPS) is 14.4. The van der Waals surface area contributed by atoms with Crippen LogP contribution in [0.15, 0.2) is 0 Å². The van der Waals surface area contributed by atoms with Crippen LogP contribution in [0.2, 0.25) is 0 Å². The Labute approximate surface area is 556 Å². The van der Waals surface area contributed by atoms with Gasteiger partial charge in [-0.05, 0) is 37.5 Å². The summed E-state index contributed by atoms with van der Waals surface area (Å²) in [7, 11) is -9.90. The molecule has 17 nitrogen and oxygen atoms in total. The molecule has 0 heterocycles. The number of carbonyl (C=O) groups is 4. The quantitative estimate of drug-likeness (QED) is 0.0222. The number of hydrogen-bond donors (Lipinski definition) is 3. The number of phosphoric acid groups is 2. The Balaban J connectivity index is 5.18. The van der Waals surface area contributed by atoms with Crippen LogP contribution in [0.25, 0.3) is 0 Å². The Morgan fingerprint density at radius 1 is 0.319 bits per heavy atom. The Morgan fingerprint density at radius 2 is 0.560 bits per heavy atom. The van der Waals surface area contributed by atoms with Crippen molar-refractivity contribution < 1.29 is 80.2 Å². The van der Waals surface area contributed by atoms with E-state index in [1.165, 1.54) is 173 Å². The lowest BCUT2D eigenvalue weighted by atomic mass is 9.99. The first-order valence-corrected chi connectivity index (χ1v) is 40.5. The van der Waals surface area contributed by atoms with E-state index in [0.717, 1.165) is 109 Å². The molecule has 3 N–H and O–H groups in total. The second-order valence-corrected chi connectivity index (χ2v) is 29.6. The third-order valence-corrected chi connectivity index (χ3v) is 19.0. The molecule has 0 spiro atoms. The van der Waals surface area contributed by atoms with Crippen LogP contribution in [0, 0.1) is 11.8 Å². The van der Waals surface area contributed by atoms with Gasteiger partial charge in [-0.15, -0.1) is 0 Å². The first-order chi connectivity index (χ1) is 43.9. The summed E-state index contributed by atoms with van der Waals surface area (Å²) >= 11 is 0. The summed E-state index contributed by atoms with van der Waals surface area (Å²) in [5.41, 5.74) is 0. The molecule has 0 radical (unpaired) electrons. The number of aliphatic hydroxyl groups is 1. The highest BCUT2D eigenvalue weighted by Gasteiger charge is 2.30. The summed E-state index contributed by atoms with van der Waals surface area (Å²) in [4.78, 5) is 72.4. The fourth-order valence-electron chi connectivity index (χ4n) is 10.9. The maximum atomic E-state index is 13.0. The van der Waals surface area contributed by atoms with Crippen molar-refractivity contribution in [1.29, 1.82) is 0 Å². The first-order valence-electron chi connectivity index (χ1n) is 37.5. The summed E-state index contributed by atoms with van der Waals surface area (Å²) in [5, 5.41) is 10.6. The largest absolute Gasteiger partial charge is 0.472 e. The Morgan fingerprint density at radius 3 is 0.835 bits per heavy atom. The molecular formula is C72H140O17P2. The lowest BCUT2D eigenvalue weighted by Gasteiger charge is -2.21. The van der Waals surface area contributed by atoms with Crippen LogP contribution in [0.4, 0.5) is 0 Å². The third kappa shape index (κ3) is 65.1. The zero-order valence-electron chi connectivity index (χ0n) is 59.1. The Kier molecular flexibility index (Phi) is 62.7. The molecule has 0 bridgehead atoms. The van der Waals surface area contributed by atoms with Crippen molar-refractivity contribution in [1.82, 2.24) is 0 Å². The fraction of sp³-hybridized carbons (Fsp3) is 0.944. The van der Waals surface area contributed by atoms with E-state index in [0.29, 0.717) is 31.6 Å². The van der Waals surface area contributed by atoms with Crippen LogP contribution in [0.1, 0.15) is 369 Å². The number of aliphatic hydroxyl groups excluding tert-OH is 1. The van der Waals surface area contributed by atoms with Gasteiger partial charge in [-0.2, -0.15) is 0 Å². The number of phosphoric ester groups is 2. The van der Waals surface area contributed by atoms with Gasteiger partial charge in [0.1, 0.15) is 19.3 Å². The first kappa shape index (κ1) is 89.1. The Hall–Kier alpha value is -1.94. The van der Waals surface area contributed by atoms with E-state index in [2.05, 4.69) is 41.5 Å². The molecule has 3 unspecified atom stereocenters. The van der Waals surface area contributed by atoms with E-state index in [1.54, 1.807) is 0 Å². The van der Waals surface area contributed by atoms with Crippen molar-refractivity contribution in [2.24, 2.45) is 11.8 Å². The second-order valence-electron chi connectivity index (χ2n) is 26.7. The number of esters is 4. The van der Waals surface area contributed by atoms with E-state index in [1.807, 2.05) is 0 Å². The van der Waals surface area contributed by atoms with Gasteiger partial charge in [0.25, 0.3) is 0 Å². The van der Waals surface area contributed by atoms with Crippen LogP contribution in [-0.2, 0) is 65.4 Å². The van der Waals surface area contributed by atoms with Crippen LogP contribution in [0.3, 0.4) is 0 Å². The molecule has 0 saturated carbocycles. The number of unbranched alkanes of at least 4 members (excludes halogenated alkanes) is 40. The number of ether oxygens (including phenoxy) is 4. The van der Waals surface area contributed by atoms with Crippen LogP contribution < -0.4 is 0 Å². The minimum Gasteiger partial charge on any atom is -0.462 e. The molecule has 0 amide bonds. The minimum atomic E-state index is -4.95. The van der Waals surface area contributed by atoms with Crippen molar-refractivity contribution in [2.45, 2.75) is 387 Å². The van der Waals surface area contributed by atoms with Gasteiger partial charge < -0.3 is 33.8 Å².